The average Bonchev–Trinajstić information content (AvgIpc) is 2.89. The van der Waals surface area contributed by atoms with Crippen LogP contribution in [0.1, 0.15) is 58.3 Å². The van der Waals surface area contributed by atoms with Gasteiger partial charge >= 0.3 is 6.03 Å². The third-order valence-electron chi connectivity index (χ3n) is 6.30. The molecule has 0 radical (unpaired) electrons. The average molecular weight is 292 g/mol. The first-order chi connectivity index (χ1) is 10.1. The number of nitrogens with one attached hydrogen (secondary N) is 2. The van der Waals surface area contributed by atoms with Gasteiger partial charge in [0.05, 0.1) is 12.1 Å². The molecule has 0 aromatic carbocycles. The quantitative estimate of drug-likeness (QED) is 0.840. The Morgan fingerprint density at radius 2 is 1.76 bits per heavy atom. The Labute approximate surface area is 127 Å². The van der Waals surface area contributed by atoms with Crippen molar-refractivity contribution in [1.29, 1.82) is 0 Å². The lowest BCUT2D eigenvalue weighted by Crippen LogP contribution is -2.62. The van der Waals surface area contributed by atoms with Crippen molar-refractivity contribution < 1.29 is 9.53 Å². The standard InChI is InChI=1S/C17H28N2O2/c1-11(15-3-2-4-21-15)18-16(20)19-17-8-12-5-13(9-17)7-14(6-12)10-17/h11-15H,2-10H2,1H3,(H2,18,19,20)/t11-,12?,13?,14?,15+,17?/m1/s1. The van der Waals surface area contributed by atoms with E-state index in [9.17, 15) is 4.79 Å². The maximum atomic E-state index is 12.4. The molecule has 4 aliphatic carbocycles. The first-order valence-corrected chi connectivity index (χ1v) is 8.82. The van der Waals surface area contributed by atoms with Crippen molar-refractivity contribution in [1.82, 2.24) is 10.6 Å². The number of urea groups is 1. The van der Waals surface area contributed by atoms with Crippen LogP contribution in [0.3, 0.4) is 0 Å². The van der Waals surface area contributed by atoms with E-state index in [1.165, 1.54) is 38.5 Å². The number of amides is 2. The molecule has 1 aliphatic heterocycles. The molecule has 5 fully saturated rings. The Morgan fingerprint density at radius 1 is 1.14 bits per heavy atom. The first-order valence-electron chi connectivity index (χ1n) is 8.82. The third-order valence-corrected chi connectivity index (χ3v) is 6.30. The van der Waals surface area contributed by atoms with Crippen molar-refractivity contribution in [2.24, 2.45) is 17.8 Å². The topological polar surface area (TPSA) is 50.4 Å². The predicted molar refractivity (Wildman–Crippen MR) is 81.0 cm³/mol. The number of hydrogen-bond acceptors (Lipinski definition) is 2. The van der Waals surface area contributed by atoms with Gasteiger partial charge in [-0.3, -0.25) is 0 Å². The van der Waals surface area contributed by atoms with Gasteiger partial charge in [0.15, 0.2) is 0 Å². The molecule has 4 bridgehead atoms. The Morgan fingerprint density at radius 3 is 2.29 bits per heavy atom. The van der Waals surface area contributed by atoms with Crippen molar-refractivity contribution >= 4 is 6.03 Å². The highest BCUT2D eigenvalue weighted by molar-refractivity contribution is 5.75. The molecule has 1 heterocycles. The molecule has 4 nitrogen and oxygen atoms in total. The lowest BCUT2D eigenvalue weighted by atomic mass is 9.53. The van der Waals surface area contributed by atoms with E-state index in [4.69, 9.17) is 4.74 Å². The lowest BCUT2D eigenvalue weighted by Gasteiger charge is -2.56. The van der Waals surface area contributed by atoms with Crippen molar-refractivity contribution in [2.45, 2.75) is 76.0 Å². The molecule has 2 amide bonds. The van der Waals surface area contributed by atoms with Crippen LogP contribution in [0.4, 0.5) is 4.79 Å². The molecule has 5 rings (SSSR count). The normalized spacial score (nSPS) is 45.6. The Bertz CT molecular complexity index is 382. The van der Waals surface area contributed by atoms with Crippen LogP contribution in [0.2, 0.25) is 0 Å². The van der Waals surface area contributed by atoms with Crippen molar-refractivity contribution in [2.75, 3.05) is 6.61 Å². The van der Waals surface area contributed by atoms with Crippen LogP contribution in [0.25, 0.3) is 0 Å². The second kappa shape index (κ2) is 5.15. The van der Waals surface area contributed by atoms with Gasteiger partial charge < -0.3 is 15.4 Å². The molecular weight excluding hydrogens is 264 g/mol. The van der Waals surface area contributed by atoms with Crippen LogP contribution in [-0.4, -0.2) is 30.3 Å². The molecule has 0 aromatic heterocycles. The van der Waals surface area contributed by atoms with Crippen LogP contribution in [0.5, 0.6) is 0 Å². The molecule has 4 heteroatoms. The maximum absolute atomic E-state index is 12.4. The third kappa shape index (κ3) is 2.67. The second-order valence-corrected chi connectivity index (χ2v) is 8.14. The van der Waals surface area contributed by atoms with Crippen LogP contribution >= 0.6 is 0 Å². The Kier molecular flexibility index (Phi) is 3.40. The highest BCUT2D eigenvalue weighted by atomic mass is 16.5. The molecule has 0 spiro atoms. The summed E-state index contributed by atoms with van der Waals surface area (Å²) in [4.78, 5) is 12.4. The molecule has 118 valence electrons. The summed E-state index contributed by atoms with van der Waals surface area (Å²) in [5, 5.41) is 6.50. The zero-order chi connectivity index (χ0) is 14.4. The van der Waals surface area contributed by atoms with E-state index in [2.05, 4.69) is 17.6 Å². The van der Waals surface area contributed by atoms with Crippen LogP contribution in [0.15, 0.2) is 0 Å². The van der Waals surface area contributed by atoms with Crippen molar-refractivity contribution in [3.63, 3.8) is 0 Å². The fraction of sp³-hybridized carbons (Fsp3) is 0.941. The number of carbonyl (C=O) groups is 1. The summed E-state index contributed by atoms with van der Waals surface area (Å²) in [6, 6.07) is 0.140. The second-order valence-electron chi connectivity index (χ2n) is 8.14. The zero-order valence-corrected chi connectivity index (χ0v) is 13.1. The molecule has 2 atom stereocenters. The minimum absolute atomic E-state index is 0.0277. The van der Waals surface area contributed by atoms with Gasteiger partial charge in [0.1, 0.15) is 0 Å². The molecular formula is C17H28N2O2. The predicted octanol–water partition coefficient (Wildman–Crippen LogP) is 2.82. The number of rotatable bonds is 3. The maximum Gasteiger partial charge on any atom is 0.315 e. The van der Waals surface area contributed by atoms with E-state index in [0.29, 0.717) is 0 Å². The number of carbonyl (C=O) groups excluding carboxylic acids is 1. The van der Waals surface area contributed by atoms with Gasteiger partial charge in [-0.15, -0.1) is 0 Å². The first kappa shape index (κ1) is 13.9. The Balaban J connectivity index is 1.36. The van der Waals surface area contributed by atoms with E-state index in [-0.39, 0.29) is 23.7 Å². The van der Waals surface area contributed by atoms with Crippen LogP contribution < -0.4 is 10.6 Å². The summed E-state index contributed by atoms with van der Waals surface area (Å²) in [5.41, 5.74) is 0.106. The lowest BCUT2D eigenvalue weighted by molar-refractivity contribution is -0.0140. The molecule has 0 aromatic rings. The van der Waals surface area contributed by atoms with E-state index in [0.717, 1.165) is 37.2 Å². The number of hydrogen-bond donors (Lipinski definition) is 2. The van der Waals surface area contributed by atoms with E-state index in [1.807, 2.05) is 0 Å². The van der Waals surface area contributed by atoms with Gasteiger partial charge in [0.2, 0.25) is 0 Å². The van der Waals surface area contributed by atoms with Gasteiger partial charge in [-0.25, -0.2) is 4.79 Å². The van der Waals surface area contributed by atoms with Crippen molar-refractivity contribution in [3.05, 3.63) is 0 Å². The smallest absolute Gasteiger partial charge is 0.315 e. The van der Waals surface area contributed by atoms with Gasteiger partial charge in [-0.2, -0.15) is 0 Å². The number of ether oxygens (including phenoxy) is 1. The minimum Gasteiger partial charge on any atom is -0.376 e. The zero-order valence-electron chi connectivity index (χ0n) is 13.1. The highest BCUT2D eigenvalue weighted by Gasteiger charge is 2.51. The molecule has 4 saturated carbocycles. The summed E-state index contributed by atoms with van der Waals surface area (Å²) in [5.74, 6) is 2.60. The van der Waals surface area contributed by atoms with E-state index in [1.54, 1.807) is 0 Å². The molecule has 1 saturated heterocycles. The summed E-state index contributed by atoms with van der Waals surface area (Å²) < 4.78 is 5.67. The minimum atomic E-state index is 0.0277. The summed E-state index contributed by atoms with van der Waals surface area (Å²) in [6.07, 6.45) is 10.2. The van der Waals surface area contributed by atoms with Gasteiger partial charge in [-0.05, 0) is 76.0 Å². The summed E-state index contributed by atoms with van der Waals surface area (Å²) in [7, 11) is 0. The van der Waals surface area contributed by atoms with E-state index < -0.39 is 0 Å². The molecule has 21 heavy (non-hydrogen) atoms. The van der Waals surface area contributed by atoms with Crippen molar-refractivity contribution in [3.8, 4) is 0 Å². The summed E-state index contributed by atoms with van der Waals surface area (Å²) >= 11 is 0. The SMILES string of the molecule is C[C@@H](NC(=O)NC12CC3CC(CC(C3)C1)C2)[C@@H]1CCCO1. The molecule has 5 aliphatic rings. The van der Waals surface area contributed by atoms with Gasteiger partial charge in [-0.1, -0.05) is 0 Å². The van der Waals surface area contributed by atoms with Crippen LogP contribution in [-0.2, 0) is 4.74 Å². The van der Waals surface area contributed by atoms with E-state index >= 15 is 0 Å². The van der Waals surface area contributed by atoms with Gasteiger partial charge in [0.25, 0.3) is 0 Å². The summed E-state index contributed by atoms with van der Waals surface area (Å²) in [6.45, 7) is 2.91. The highest BCUT2D eigenvalue weighted by Crippen LogP contribution is 2.55. The molecule has 0 unspecified atom stereocenters. The Hall–Kier alpha value is -0.770. The molecule has 2 N–H and O–H groups in total. The van der Waals surface area contributed by atoms with Gasteiger partial charge in [0, 0.05) is 12.1 Å². The van der Waals surface area contributed by atoms with Crippen LogP contribution in [0, 0.1) is 17.8 Å². The largest absolute Gasteiger partial charge is 0.376 e. The fourth-order valence-corrected chi connectivity index (χ4v) is 5.84. The monoisotopic (exact) mass is 292 g/mol. The fourth-order valence-electron chi connectivity index (χ4n) is 5.84.